The van der Waals surface area contributed by atoms with E-state index in [-0.39, 0.29) is 38.0 Å². The topological polar surface area (TPSA) is 97.9 Å². The second-order valence-electron chi connectivity index (χ2n) is 6.11. The number of rotatable bonds is 10. The predicted molar refractivity (Wildman–Crippen MR) is 92.1 cm³/mol. The third-order valence-electron chi connectivity index (χ3n) is 4.00. The van der Waals surface area contributed by atoms with Gasteiger partial charge in [-0.25, -0.2) is 4.79 Å². The van der Waals surface area contributed by atoms with E-state index in [1.165, 1.54) is 0 Å². The lowest BCUT2D eigenvalue weighted by atomic mass is 10.1. The maximum Gasteiger partial charge on any atom is 0.328 e. The number of nitrogens with zero attached hydrogens (tertiary/aromatic N) is 1. The van der Waals surface area contributed by atoms with Crippen LogP contribution in [0.25, 0.3) is 0 Å². The van der Waals surface area contributed by atoms with Gasteiger partial charge in [-0.05, 0) is 39.3 Å². The first-order chi connectivity index (χ1) is 12.4. The van der Waals surface area contributed by atoms with Crippen LogP contribution >= 0.6 is 0 Å². The highest BCUT2D eigenvalue weighted by Gasteiger charge is 2.42. The van der Waals surface area contributed by atoms with Gasteiger partial charge in [0.2, 0.25) is 5.91 Å². The van der Waals surface area contributed by atoms with E-state index < -0.39 is 18.0 Å². The number of nitrogens with one attached hydrogen (secondary N) is 1. The summed E-state index contributed by atoms with van der Waals surface area (Å²) in [6, 6.07) is 2.59. The third-order valence-corrected chi connectivity index (χ3v) is 4.00. The highest BCUT2D eigenvalue weighted by Crippen LogP contribution is 2.22. The summed E-state index contributed by atoms with van der Waals surface area (Å²) in [5.74, 6) is 0.415. The monoisotopic (exact) mass is 366 g/mol. The second-order valence-corrected chi connectivity index (χ2v) is 6.11. The summed E-state index contributed by atoms with van der Waals surface area (Å²) in [5, 5.41) is 2.69. The summed E-state index contributed by atoms with van der Waals surface area (Å²) in [6.07, 6.45) is 0.186. The van der Waals surface area contributed by atoms with Gasteiger partial charge in [-0.2, -0.15) is 0 Å². The Hall–Kier alpha value is -2.35. The number of hydrogen-bond donors (Lipinski definition) is 1. The minimum absolute atomic E-state index is 0.0393. The van der Waals surface area contributed by atoms with Gasteiger partial charge in [0, 0.05) is 13.0 Å². The van der Waals surface area contributed by atoms with Gasteiger partial charge < -0.3 is 19.2 Å². The average molecular weight is 366 g/mol. The van der Waals surface area contributed by atoms with Crippen LogP contribution in [0.1, 0.15) is 38.2 Å². The van der Waals surface area contributed by atoms with E-state index >= 15 is 0 Å². The first-order valence-electron chi connectivity index (χ1n) is 8.86. The van der Waals surface area contributed by atoms with Gasteiger partial charge in [-0.15, -0.1) is 0 Å². The molecule has 0 aromatic carbocycles. The van der Waals surface area contributed by atoms with Crippen molar-refractivity contribution in [2.75, 3.05) is 19.8 Å². The molecule has 0 bridgehead atoms. The number of esters is 2. The molecule has 2 rings (SSSR count). The Bertz CT molecular complexity index is 641. The maximum absolute atomic E-state index is 12.4. The first kappa shape index (κ1) is 20.0. The van der Waals surface area contributed by atoms with Crippen LogP contribution in [0.15, 0.2) is 16.5 Å². The Labute approximate surface area is 152 Å². The van der Waals surface area contributed by atoms with E-state index in [0.717, 1.165) is 11.5 Å². The molecule has 0 radical (unpaired) electrons. The lowest BCUT2D eigenvalue weighted by Crippen LogP contribution is -2.44. The number of ether oxygens (including phenoxy) is 2. The van der Waals surface area contributed by atoms with Crippen LogP contribution in [0, 0.1) is 6.92 Å². The summed E-state index contributed by atoms with van der Waals surface area (Å²) >= 11 is 0. The molecular weight excluding hydrogens is 340 g/mol. The molecule has 1 aromatic heterocycles. The summed E-state index contributed by atoms with van der Waals surface area (Å²) in [7, 11) is 0. The van der Waals surface area contributed by atoms with Gasteiger partial charge in [-0.3, -0.25) is 14.5 Å². The molecule has 8 heteroatoms. The zero-order valence-corrected chi connectivity index (χ0v) is 15.4. The molecule has 1 N–H and O–H groups in total. The van der Waals surface area contributed by atoms with Gasteiger partial charge in [0.05, 0.1) is 19.8 Å². The number of carbonyl (C=O) groups excluding carboxylic acids is 3. The molecule has 1 aliphatic heterocycles. The molecule has 144 valence electrons. The fraction of sp³-hybridized carbons (Fsp3) is 0.611. The van der Waals surface area contributed by atoms with Crippen LogP contribution in [0.4, 0.5) is 0 Å². The van der Waals surface area contributed by atoms with Crippen molar-refractivity contribution < 1.29 is 28.3 Å². The molecule has 0 saturated carbocycles. The van der Waals surface area contributed by atoms with Crippen LogP contribution in [0.2, 0.25) is 0 Å². The Morgan fingerprint density at radius 2 is 2.00 bits per heavy atom. The normalized spacial score (nSPS) is 19.5. The number of aryl methyl sites for hydroxylation is 1. The first-order valence-corrected chi connectivity index (χ1v) is 8.86. The van der Waals surface area contributed by atoms with Crippen LogP contribution in [0.3, 0.4) is 0 Å². The van der Waals surface area contributed by atoms with Gasteiger partial charge in [0.15, 0.2) is 0 Å². The van der Waals surface area contributed by atoms with E-state index in [1.807, 2.05) is 24.0 Å². The lowest BCUT2D eigenvalue weighted by molar-refractivity contribution is -0.148. The van der Waals surface area contributed by atoms with Crippen LogP contribution in [-0.4, -0.2) is 54.6 Å². The van der Waals surface area contributed by atoms with E-state index in [9.17, 15) is 14.4 Å². The van der Waals surface area contributed by atoms with Gasteiger partial charge in [0.25, 0.3) is 0 Å². The molecule has 3 unspecified atom stereocenters. The van der Waals surface area contributed by atoms with Crippen molar-refractivity contribution in [3.05, 3.63) is 23.7 Å². The van der Waals surface area contributed by atoms with Crippen molar-refractivity contribution in [3.63, 3.8) is 0 Å². The third kappa shape index (κ3) is 5.87. The lowest BCUT2D eigenvalue weighted by Gasteiger charge is -2.17. The molecule has 0 aliphatic carbocycles. The van der Waals surface area contributed by atoms with Crippen molar-refractivity contribution in [2.45, 2.75) is 52.2 Å². The van der Waals surface area contributed by atoms with E-state index in [4.69, 9.17) is 13.9 Å². The van der Waals surface area contributed by atoms with E-state index in [2.05, 4.69) is 5.32 Å². The predicted octanol–water partition coefficient (Wildman–Crippen LogP) is 1.16. The van der Waals surface area contributed by atoms with E-state index in [1.54, 1.807) is 13.8 Å². The van der Waals surface area contributed by atoms with Gasteiger partial charge in [0.1, 0.15) is 23.6 Å². The van der Waals surface area contributed by atoms with Crippen molar-refractivity contribution >= 4 is 17.8 Å². The van der Waals surface area contributed by atoms with Crippen molar-refractivity contribution in [1.29, 1.82) is 0 Å². The molecule has 1 aromatic rings. The molecule has 1 fully saturated rings. The molecule has 1 saturated heterocycles. The zero-order chi connectivity index (χ0) is 19.1. The van der Waals surface area contributed by atoms with Gasteiger partial charge in [-0.1, -0.05) is 0 Å². The number of amides is 1. The van der Waals surface area contributed by atoms with Crippen molar-refractivity contribution in [2.24, 2.45) is 0 Å². The second kappa shape index (κ2) is 9.38. The van der Waals surface area contributed by atoms with E-state index in [0.29, 0.717) is 13.1 Å². The molecule has 26 heavy (non-hydrogen) atoms. The fourth-order valence-corrected chi connectivity index (χ4v) is 2.62. The molecule has 0 spiro atoms. The Balaban J connectivity index is 1.85. The highest BCUT2D eigenvalue weighted by atomic mass is 16.5. The Kier molecular flexibility index (Phi) is 7.20. The molecule has 3 atom stereocenters. The molecule has 1 aliphatic rings. The average Bonchev–Trinajstić information content (AvgIpc) is 3.24. The molecular formula is C18H26N2O6. The molecule has 8 nitrogen and oxygen atoms in total. The largest absolute Gasteiger partial charge is 0.466 e. The standard InChI is InChI=1S/C18H26N2O6/c1-4-24-16(21)9-8-14(18(23)25-5-2)19-17(22)15-11-20(15)10-13-7-6-12(3)26-13/h6-7,14-15H,4-5,8-11H2,1-3H3,(H,19,22). The van der Waals surface area contributed by atoms with Crippen LogP contribution in [-0.2, 0) is 30.4 Å². The van der Waals surface area contributed by atoms with Gasteiger partial charge >= 0.3 is 11.9 Å². The number of furan rings is 1. The zero-order valence-electron chi connectivity index (χ0n) is 15.4. The van der Waals surface area contributed by atoms with Crippen LogP contribution in [0.5, 0.6) is 0 Å². The minimum atomic E-state index is -0.861. The Morgan fingerprint density at radius 1 is 1.27 bits per heavy atom. The smallest absolute Gasteiger partial charge is 0.328 e. The minimum Gasteiger partial charge on any atom is -0.466 e. The highest BCUT2D eigenvalue weighted by molar-refractivity contribution is 5.89. The van der Waals surface area contributed by atoms with Crippen LogP contribution < -0.4 is 5.32 Å². The number of carbonyl (C=O) groups is 3. The quantitative estimate of drug-likeness (QED) is 0.490. The number of hydrogen-bond acceptors (Lipinski definition) is 7. The molecule has 2 heterocycles. The Morgan fingerprint density at radius 3 is 2.62 bits per heavy atom. The SMILES string of the molecule is CCOC(=O)CCC(NC(=O)C1CN1Cc1ccc(C)o1)C(=O)OCC. The molecule has 1 amide bonds. The summed E-state index contributed by atoms with van der Waals surface area (Å²) < 4.78 is 15.4. The maximum atomic E-state index is 12.4. The van der Waals surface area contributed by atoms with Crippen molar-refractivity contribution in [3.8, 4) is 0 Å². The summed E-state index contributed by atoms with van der Waals surface area (Å²) in [5.41, 5.74) is 0. The summed E-state index contributed by atoms with van der Waals surface area (Å²) in [4.78, 5) is 37.9. The summed E-state index contributed by atoms with van der Waals surface area (Å²) in [6.45, 7) is 6.89. The fourth-order valence-electron chi connectivity index (χ4n) is 2.62. The van der Waals surface area contributed by atoms with Crippen molar-refractivity contribution in [1.82, 2.24) is 10.2 Å².